The zero-order chi connectivity index (χ0) is 20.4. The van der Waals surface area contributed by atoms with Crippen LogP contribution in [0.15, 0.2) is 42.9 Å². The van der Waals surface area contributed by atoms with E-state index in [9.17, 15) is 0 Å². The lowest BCUT2D eigenvalue weighted by Crippen LogP contribution is -2.25. The summed E-state index contributed by atoms with van der Waals surface area (Å²) < 4.78 is 2.27. The number of hydrogen-bond acceptors (Lipinski definition) is 4. The van der Waals surface area contributed by atoms with Crippen LogP contribution in [0.1, 0.15) is 33.6 Å². The highest BCUT2D eigenvalue weighted by molar-refractivity contribution is 6.16. The molecule has 0 aliphatic rings. The molecule has 0 aliphatic carbocycles. The molecule has 152 valence electrons. The average molecular weight is 390 g/mol. The zero-order valence-electron chi connectivity index (χ0n) is 17.9. The number of rotatable bonds is 8. The third-order valence-electron chi connectivity index (χ3n) is 6.07. The Morgan fingerprint density at radius 1 is 1.07 bits per heavy atom. The van der Waals surface area contributed by atoms with Crippen molar-refractivity contribution in [2.45, 2.75) is 39.7 Å². The lowest BCUT2D eigenvalue weighted by atomic mass is 10.1. The van der Waals surface area contributed by atoms with Gasteiger partial charge < -0.3 is 14.8 Å². The summed E-state index contributed by atoms with van der Waals surface area (Å²) in [4.78, 5) is 11.5. The van der Waals surface area contributed by atoms with E-state index in [1.165, 1.54) is 33.6 Å². The molecule has 4 aromatic rings. The lowest BCUT2D eigenvalue weighted by Gasteiger charge is -2.20. The first-order valence-corrected chi connectivity index (χ1v) is 10.7. The second kappa shape index (κ2) is 8.37. The predicted octanol–water partition coefficient (Wildman–Crippen LogP) is 5.20. The first-order valence-electron chi connectivity index (χ1n) is 10.7. The van der Waals surface area contributed by atoms with Gasteiger partial charge in [-0.2, -0.15) is 0 Å². The summed E-state index contributed by atoms with van der Waals surface area (Å²) in [5.41, 5.74) is 2.43. The minimum atomic E-state index is 0.376. The molecule has 5 heteroatoms. The van der Waals surface area contributed by atoms with Crippen molar-refractivity contribution in [1.29, 1.82) is 0 Å². The SMILES string of the molecule is CCN(CC)CCCC(C)Nc1nccc2c1c1cc3cnccc3cc1n2C. The Balaban J connectivity index is 1.66. The summed E-state index contributed by atoms with van der Waals surface area (Å²) in [5.74, 6) is 0.978. The normalized spacial score (nSPS) is 13.0. The molecule has 0 radical (unpaired) electrons. The molecule has 0 saturated carbocycles. The Hall–Kier alpha value is -2.66. The molecule has 4 rings (SSSR count). The Labute approximate surface area is 172 Å². The molecule has 1 N–H and O–H groups in total. The standard InChI is InChI=1S/C24H31N5/c1-5-29(6-2)13-7-8-17(3)27-24-23-20-14-19-16-25-11-9-18(19)15-22(20)28(4)21(23)10-12-26-24/h9-12,14-17H,5-8,13H2,1-4H3,(H,26,27). The van der Waals surface area contributed by atoms with Crippen molar-refractivity contribution in [3.05, 3.63) is 42.9 Å². The van der Waals surface area contributed by atoms with E-state index in [1.807, 2.05) is 18.6 Å². The Morgan fingerprint density at radius 2 is 1.90 bits per heavy atom. The summed E-state index contributed by atoms with van der Waals surface area (Å²) in [6.07, 6.45) is 8.02. The fraction of sp³-hybridized carbons (Fsp3) is 0.417. The van der Waals surface area contributed by atoms with Crippen LogP contribution in [0.2, 0.25) is 0 Å². The van der Waals surface area contributed by atoms with E-state index in [2.05, 4.69) is 71.9 Å². The van der Waals surface area contributed by atoms with E-state index in [0.29, 0.717) is 6.04 Å². The van der Waals surface area contributed by atoms with Crippen molar-refractivity contribution in [2.75, 3.05) is 25.0 Å². The molecule has 0 saturated heterocycles. The van der Waals surface area contributed by atoms with Crippen LogP contribution < -0.4 is 5.32 Å². The fourth-order valence-electron chi connectivity index (χ4n) is 4.30. The molecule has 0 bridgehead atoms. The summed E-state index contributed by atoms with van der Waals surface area (Å²) in [5, 5.41) is 8.50. The largest absolute Gasteiger partial charge is 0.367 e. The number of nitrogens with one attached hydrogen (secondary N) is 1. The number of aryl methyl sites for hydroxylation is 1. The van der Waals surface area contributed by atoms with Crippen LogP contribution in [0.4, 0.5) is 5.82 Å². The molecule has 5 nitrogen and oxygen atoms in total. The van der Waals surface area contributed by atoms with Gasteiger partial charge in [0.25, 0.3) is 0 Å². The number of aromatic nitrogens is 3. The van der Waals surface area contributed by atoms with Crippen molar-refractivity contribution in [1.82, 2.24) is 19.4 Å². The highest BCUT2D eigenvalue weighted by atomic mass is 15.1. The number of nitrogens with zero attached hydrogens (tertiary/aromatic N) is 4. The van der Waals surface area contributed by atoms with Gasteiger partial charge in [-0.25, -0.2) is 4.98 Å². The molecule has 3 aromatic heterocycles. The monoisotopic (exact) mass is 389 g/mol. The Bertz CT molecular complexity index is 1130. The van der Waals surface area contributed by atoms with Crippen LogP contribution in [0, 0.1) is 0 Å². The molecule has 0 aliphatic heterocycles. The van der Waals surface area contributed by atoms with Gasteiger partial charge in [-0.1, -0.05) is 13.8 Å². The molecule has 29 heavy (non-hydrogen) atoms. The first-order chi connectivity index (χ1) is 14.1. The number of anilines is 1. The number of fused-ring (bicyclic) bond motifs is 4. The maximum Gasteiger partial charge on any atom is 0.136 e. The van der Waals surface area contributed by atoms with Crippen LogP contribution in [0.25, 0.3) is 32.6 Å². The summed E-state index contributed by atoms with van der Waals surface area (Å²) in [7, 11) is 2.13. The van der Waals surface area contributed by atoms with Crippen molar-refractivity contribution in [3.8, 4) is 0 Å². The van der Waals surface area contributed by atoms with Gasteiger partial charge in [0.1, 0.15) is 5.82 Å². The molecular formula is C24H31N5. The van der Waals surface area contributed by atoms with Crippen molar-refractivity contribution < 1.29 is 0 Å². The molecule has 1 atom stereocenters. The minimum absolute atomic E-state index is 0.376. The lowest BCUT2D eigenvalue weighted by molar-refractivity contribution is 0.295. The zero-order valence-corrected chi connectivity index (χ0v) is 17.9. The van der Waals surface area contributed by atoms with Crippen LogP contribution in [0.5, 0.6) is 0 Å². The van der Waals surface area contributed by atoms with E-state index in [0.717, 1.165) is 37.3 Å². The van der Waals surface area contributed by atoms with Crippen LogP contribution in [-0.2, 0) is 7.05 Å². The van der Waals surface area contributed by atoms with Crippen LogP contribution >= 0.6 is 0 Å². The van der Waals surface area contributed by atoms with Gasteiger partial charge in [-0.3, -0.25) is 4.98 Å². The maximum absolute atomic E-state index is 4.72. The van der Waals surface area contributed by atoms with E-state index < -0.39 is 0 Å². The van der Waals surface area contributed by atoms with Crippen molar-refractivity contribution >= 4 is 38.4 Å². The van der Waals surface area contributed by atoms with Gasteiger partial charge in [0.05, 0.1) is 5.52 Å². The van der Waals surface area contributed by atoms with Gasteiger partial charge in [-0.05, 0) is 69.1 Å². The molecule has 1 unspecified atom stereocenters. The first kappa shape index (κ1) is 19.6. The number of hydrogen-bond donors (Lipinski definition) is 1. The van der Waals surface area contributed by atoms with Gasteiger partial charge in [-0.15, -0.1) is 0 Å². The highest BCUT2D eigenvalue weighted by Crippen LogP contribution is 2.35. The van der Waals surface area contributed by atoms with E-state index in [4.69, 9.17) is 4.98 Å². The Morgan fingerprint density at radius 3 is 2.69 bits per heavy atom. The second-order valence-corrected chi connectivity index (χ2v) is 7.92. The quantitative estimate of drug-likeness (QED) is 0.450. The van der Waals surface area contributed by atoms with Crippen LogP contribution in [0.3, 0.4) is 0 Å². The summed E-state index contributed by atoms with van der Waals surface area (Å²) in [6, 6.07) is 9.05. The fourth-order valence-corrected chi connectivity index (χ4v) is 4.30. The Kier molecular flexibility index (Phi) is 5.67. The number of benzene rings is 1. The number of pyridine rings is 2. The smallest absolute Gasteiger partial charge is 0.136 e. The van der Waals surface area contributed by atoms with E-state index in [1.54, 1.807) is 0 Å². The third-order valence-corrected chi connectivity index (χ3v) is 6.07. The van der Waals surface area contributed by atoms with Crippen LogP contribution in [-0.4, -0.2) is 45.1 Å². The van der Waals surface area contributed by atoms with Gasteiger partial charge in [0, 0.05) is 53.4 Å². The molecule has 0 fully saturated rings. The summed E-state index contributed by atoms with van der Waals surface area (Å²) >= 11 is 0. The van der Waals surface area contributed by atoms with Gasteiger partial charge >= 0.3 is 0 Å². The molecule has 0 amide bonds. The molecular weight excluding hydrogens is 358 g/mol. The molecule has 0 spiro atoms. The highest BCUT2D eigenvalue weighted by Gasteiger charge is 2.15. The summed E-state index contributed by atoms with van der Waals surface area (Å²) in [6.45, 7) is 10.1. The van der Waals surface area contributed by atoms with Gasteiger partial charge in [0.2, 0.25) is 0 Å². The minimum Gasteiger partial charge on any atom is -0.367 e. The third kappa shape index (κ3) is 3.79. The topological polar surface area (TPSA) is 46.0 Å². The van der Waals surface area contributed by atoms with E-state index in [-0.39, 0.29) is 0 Å². The van der Waals surface area contributed by atoms with E-state index >= 15 is 0 Å². The van der Waals surface area contributed by atoms with Gasteiger partial charge in [0.15, 0.2) is 0 Å². The second-order valence-electron chi connectivity index (χ2n) is 7.92. The molecule has 3 heterocycles. The van der Waals surface area contributed by atoms with Crippen molar-refractivity contribution in [2.24, 2.45) is 7.05 Å². The predicted molar refractivity (Wildman–Crippen MR) is 124 cm³/mol. The maximum atomic E-state index is 4.72. The van der Waals surface area contributed by atoms with Crippen molar-refractivity contribution in [3.63, 3.8) is 0 Å². The molecule has 1 aromatic carbocycles. The average Bonchev–Trinajstić information content (AvgIpc) is 3.02.